The third kappa shape index (κ3) is 23.8. The summed E-state index contributed by atoms with van der Waals surface area (Å²) in [6.07, 6.45) is 5.58. The zero-order valence-electron chi connectivity index (χ0n) is 32.8. The van der Waals surface area contributed by atoms with Crippen LogP contribution in [0.15, 0.2) is 53.7 Å². The number of rotatable bonds is 34. The molecular formula is C40H54N4O14. The lowest BCUT2D eigenvalue weighted by atomic mass is 10.1. The number of benzene rings is 2. The first-order valence-corrected chi connectivity index (χ1v) is 18.7. The van der Waals surface area contributed by atoms with Gasteiger partial charge in [0.1, 0.15) is 5.75 Å². The second kappa shape index (κ2) is 31.9. The molecular weight excluding hydrogens is 760 g/mol. The SMILES string of the molecule is COc1cc(/C=C\C(=O)CC(=O)/C=C\c2ccc(O)c(CO)c2)ccc1OC(=O)CCCC(=O)NCCOCCOCCOCCOCCOCCOCCN=[N+]=[N-]. The van der Waals surface area contributed by atoms with Gasteiger partial charge in [0.05, 0.1) is 99.4 Å². The molecule has 0 heterocycles. The van der Waals surface area contributed by atoms with Crippen LogP contribution >= 0.6 is 0 Å². The molecule has 3 N–H and O–H groups in total. The van der Waals surface area contributed by atoms with Gasteiger partial charge in [-0.05, 0) is 59.5 Å². The summed E-state index contributed by atoms with van der Waals surface area (Å²) in [4.78, 5) is 51.8. The van der Waals surface area contributed by atoms with E-state index in [-0.39, 0.29) is 55.4 Å². The van der Waals surface area contributed by atoms with Crippen molar-refractivity contribution in [3.8, 4) is 17.2 Å². The van der Waals surface area contributed by atoms with Crippen molar-refractivity contribution >= 4 is 35.6 Å². The molecule has 18 nitrogen and oxygen atoms in total. The highest BCUT2D eigenvalue weighted by atomic mass is 16.6. The molecule has 2 aromatic carbocycles. The third-order valence-electron chi connectivity index (χ3n) is 7.57. The van der Waals surface area contributed by atoms with E-state index in [0.717, 1.165) is 0 Å². The van der Waals surface area contributed by atoms with E-state index in [1.807, 2.05) is 0 Å². The molecule has 0 saturated carbocycles. The molecule has 0 aliphatic rings. The number of amides is 1. The zero-order chi connectivity index (χ0) is 42.1. The number of aliphatic hydroxyl groups is 1. The number of azide groups is 1. The highest BCUT2D eigenvalue weighted by Crippen LogP contribution is 2.29. The molecule has 0 atom stereocenters. The third-order valence-corrected chi connectivity index (χ3v) is 7.57. The number of hydrogen-bond donors (Lipinski definition) is 3. The Morgan fingerprint density at radius 1 is 0.724 bits per heavy atom. The molecule has 0 fully saturated rings. The van der Waals surface area contributed by atoms with Crippen LogP contribution in [0.3, 0.4) is 0 Å². The highest BCUT2D eigenvalue weighted by molar-refractivity contribution is 6.10. The number of ketones is 2. The van der Waals surface area contributed by atoms with Gasteiger partial charge >= 0.3 is 5.97 Å². The maximum absolute atomic E-state index is 12.4. The van der Waals surface area contributed by atoms with Gasteiger partial charge in [0.25, 0.3) is 0 Å². The predicted octanol–water partition coefficient (Wildman–Crippen LogP) is 3.75. The average molecular weight is 815 g/mol. The van der Waals surface area contributed by atoms with E-state index in [1.54, 1.807) is 18.2 Å². The van der Waals surface area contributed by atoms with Crippen molar-refractivity contribution in [3.05, 3.63) is 75.7 Å². The maximum atomic E-state index is 12.4. The van der Waals surface area contributed by atoms with E-state index in [0.29, 0.717) is 109 Å². The fourth-order valence-electron chi connectivity index (χ4n) is 4.65. The number of aromatic hydroxyl groups is 1. The Bertz CT molecular complexity index is 1650. The number of nitrogens with one attached hydrogen (secondary N) is 1. The zero-order valence-corrected chi connectivity index (χ0v) is 32.8. The fraction of sp³-hybridized carbons (Fsp3) is 0.500. The van der Waals surface area contributed by atoms with Crippen LogP contribution < -0.4 is 14.8 Å². The van der Waals surface area contributed by atoms with Crippen molar-refractivity contribution in [3.63, 3.8) is 0 Å². The molecule has 2 rings (SSSR count). The fourth-order valence-corrected chi connectivity index (χ4v) is 4.65. The summed E-state index contributed by atoms with van der Waals surface area (Å²) < 4.78 is 43.1. The van der Waals surface area contributed by atoms with Crippen molar-refractivity contribution in [2.24, 2.45) is 5.11 Å². The summed E-state index contributed by atoms with van der Waals surface area (Å²) in [6, 6.07) is 9.24. The van der Waals surface area contributed by atoms with Crippen molar-refractivity contribution in [1.29, 1.82) is 0 Å². The summed E-state index contributed by atoms with van der Waals surface area (Å²) in [5, 5.41) is 25.0. The van der Waals surface area contributed by atoms with E-state index in [9.17, 15) is 29.4 Å². The lowest BCUT2D eigenvalue weighted by Crippen LogP contribution is -2.27. The topological polar surface area (TPSA) is 243 Å². The molecule has 58 heavy (non-hydrogen) atoms. The van der Waals surface area contributed by atoms with Gasteiger partial charge in [-0.2, -0.15) is 0 Å². The molecule has 18 heteroatoms. The summed E-state index contributed by atoms with van der Waals surface area (Å²) in [5.74, 6) is -1.22. The van der Waals surface area contributed by atoms with Crippen LogP contribution in [0.2, 0.25) is 0 Å². The van der Waals surface area contributed by atoms with E-state index in [1.165, 1.54) is 49.6 Å². The molecule has 0 unspecified atom stereocenters. The molecule has 0 radical (unpaired) electrons. The minimum absolute atomic E-state index is 0.00414. The second-order valence-corrected chi connectivity index (χ2v) is 12.0. The van der Waals surface area contributed by atoms with Crippen LogP contribution in [-0.4, -0.2) is 133 Å². The standard InChI is InChI=1S/C40H54N4O14/c1-51-38-28-32(6-10-35(47)29-34(46)9-5-31-7-11-36(48)33(27-31)30-45)8-12-37(38)58-40(50)4-2-3-39(49)42-13-15-52-17-19-54-21-23-56-25-26-57-24-22-55-20-18-53-16-14-43-44-41/h5-12,27-28,45,48H,2-4,13-26,29-30H2,1H3,(H,42,49)/b9-5-,10-6-. The second-order valence-electron chi connectivity index (χ2n) is 12.0. The molecule has 0 aliphatic carbocycles. The Balaban J connectivity index is 1.48. The number of allylic oxidation sites excluding steroid dienone is 2. The molecule has 0 spiro atoms. The number of carbonyl (C=O) groups excluding carboxylic acids is 4. The van der Waals surface area contributed by atoms with Gasteiger partial charge in [0.15, 0.2) is 23.1 Å². The van der Waals surface area contributed by atoms with Crippen LogP contribution in [0.1, 0.15) is 42.4 Å². The summed E-state index contributed by atoms with van der Waals surface area (Å²) in [7, 11) is 1.41. The van der Waals surface area contributed by atoms with Crippen LogP contribution in [0.5, 0.6) is 17.2 Å². The molecule has 0 aliphatic heterocycles. The first-order valence-electron chi connectivity index (χ1n) is 18.7. The lowest BCUT2D eigenvalue weighted by Gasteiger charge is -2.10. The molecule has 1 amide bonds. The van der Waals surface area contributed by atoms with Gasteiger partial charge in [-0.1, -0.05) is 29.4 Å². The van der Waals surface area contributed by atoms with E-state index >= 15 is 0 Å². The number of ether oxygens (including phenoxy) is 8. The van der Waals surface area contributed by atoms with E-state index < -0.39 is 17.5 Å². The van der Waals surface area contributed by atoms with E-state index in [4.69, 9.17) is 43.4 Å². The Kier molecular flexibility index (Phi) is 26.9. The molecule has 0 bridgehead atoms. The smallest absolute Gasteiger partial charge is 0.311 e. The summed E-state index contributed by atoms with van der Waals surface area (Å²) in [6.45, 7) is 5.13. The number of carbonyl (C=O) groups is 4. The number of esters is 1. The van der Waals surface area contributed by atoms with Gasteiger partial charge in [-0.15, -0.1) is 0 Å². The minimum Gasteiger partial charge on any atom is -0.508 e. The number of nitrogens with zero attached hydrogens (tertiary/aromatic N) is 3. The van der Waals surface area contributed by atoms with E-state index in [2.05, 4.69) is 15.3 Å². The van der Waals surface area contributed by atoms with Gasteiger partial charge < -0.3 is 53.4 Å². The lowest BCUT2D eigenvalue weighted by molar-refractivity contribution is -0.134. The van der Waals surface area contributed by atoms with Crippen molar-refractivity contribution in [2.45, 2.75) is 32.3 Å². The Labute approximate surface area is 337 Å². The number of phenols is 1. The summed E-state index contributed by atoms with van der Waals surface area (Å²) >= 11 is 0. The minimum atomic E-state index is -0.542. The normalized spacial score (nSPS) is 11.1. The first-order chi connectivity index (χ1) is 28.2. The van der Waals surface area contributed by atoms with Crippen molar-refractivity contribution < 1.29 is 67.3 Å². The quantitative estimate of drug-likeness (QED) is 0.0133. The number of methoxy groups -OCH3 is 1. The molecule has 318 valence electrons. The van der Waals surface area contributed by atoms with Gasteiger partial charge in [0, 0.05) is 36.4 Å². The van der Waals surface area contributed by atoms with Crippen molar-refractivity contribution in [1.82, 2.24) is 5.32 Å². The predicted molar refractivity (Wildman–Crippen MR) is 211 cm³/mol. The number of aliphatic hydroxyl groups excluding tert-OH is 1. The molecule has 0 saturated heterocycles. The number of hydrogen-bond acceptors (Lipinski definition) is 15. The molecule has 0 aromatic heterocycles. The van der Waals surface area contributed by atoms with Gasteiger partial charge in [-0.25, -0.2) is 0 Å². The van der Waals surface area contributed by atoms with Crippen LogP contribution in [0.4, 0.5) is 0 Å². The largest absolute Gasteiger partial charge is 0.508 e. The molecule has 2 aromatic rings. The first kappa shape index (κ1) is 49.0. The Morgan fingerprint density at radius 3 is 1.81 bits per heavy atom. The Morgan fingerprint density at radius 2 is 1.26 bits per heavy atom. The highest BCUT2D eigenvalue weighted by Gasteiger charge is 2.12. The van der Waals surface area contributed by atoms with Gasteiger partial charge in [-0.3, -0.25) is 19.2 Å². The maximum Gasteiger partial charge on any atom is 0.311 e. The Hall–Kier alpha value is -5.17. The monoisotopic (exact) mass is 814 g/mol. The summed E-state index contributed by atoms with van der Waals surface area (Å²) in [5.41, 5.74) is 9.64. The van der Waals surface area contributed by atoms with Gasteiger partial charge in [0.2, 0.25) is 5.91 Å². The van der Waals surface area contributed by atoms with Crippen molar-refractivity contribution in [2.75, 3.05) is 99.5 Å². The van der Waals surface area contributed by atoms with Crippen LogP contribution in [0, 0.1) is 0 Å². The average Bonchev–Trinajstić information content (AvgIpc) is 3.21. The van der Waals surface area contributed by atoms with Crippen LogP contribution in [-0.2, 0) is 54.2 Å². The van der Waals surface area contributed by atoms with Crippen LogP contribution in [0.25, 0.3) is 22.6 Å².